The molecule has 0 aliphatic rings. The van der Waals surface area contributed by atoms with Crippen LogP contribution in [0.5, 0.6) is 0 Å². The molecule has 0 fully saturated rings. The first-order valence-corrected chi connectivity index (χ1v) is 8.40. The van der Waals surface area contributed by atoms with Gasteiger partial charge in [-0.05, 0) is 23.8 Å². The highest BCUT2D eigenvalue weighted by atomic mass is 35.5. The van der Waals surface area contributed by atoms with Gasteiger partial charge in [-0.15, -0.1) is 11.3 Å². The predicted octanol–water partition coefficient (Wildman–Crippen LogP) is 5.44. The first-order chi connectivity index (χ1) is 12.1. The van der Waals surface area contributed by atoms with Crippen LogP contribution in [0.2, 0.25) is 5.02 Å². The summed E-state index contributed by atoms with van der Waals surface area (Å²) in [5, 5.41) is 23.2. The summed E-state index contributed by atoms with van der Waals surface area (Å²) in [6, 6.07) is 15.6. The topological polar surface area (TPSA) is 79.8 Å². The summed E-state index contributed by atoms with van der Waals surface area (Å²) in [5.74, 6) is 0. The number of benzene rings is 2. The molecule has 1 aromatic heterocycles. The molecular formula is C18H10ClN3O2S. The van der Waals surface area contributed by atoms with Crippen LogP contribution >= 0.6 is 22.9 Å². The Balaban J connectivity index is 1.96. The maximum Gasteiger partial charge on any atom is 0.270 e. The number of nitro benzene ring substituents is 1. The van der Waals surface area contributed by atoms with Crippen LogP contribution in [0.1, 0.15) is 10.6 Å². The zero-order valence-corrected chi connectivity index (χ0v) is 14.3. The van der Waals surface area contributed by atoms with Crippen molar-refractivity contribution in [3.63, 3.8) is 0 Å². The maximum atomic E-state index is 10.9. The summed E-state index contributed by atoms with van der Waals surface area (Å²) in [6.07, 6.45) is 1.71. The Morgan fingerprint density at radius 2 is 2.08 bits per heavy atom. The Bertz CT molecular complexity index is 1020. The minimum absolute atomic E-state index is 0.00188. The molecule has 0 unspecified atom stereocenters. The molecule has 0 bridgehead atoms. The van der Waals surface area contributed by atoms with E-state index in [4.69, 9.17) is 11.6 Å². The van der Waals surface area contributed by atoms with Crippen molar-refractivity contribution in [1.82, 2.24) is 4.98 Å². The molecule has 3 rings (SSSR count). The van der Waals surface area contributed by atoms with Gasteiger partial charge < -0.3 is 0 Å². The van der Waals surface area contributed by atoms with Gasteiger partial charge in [-0.2, -0.15) is 5.26 Å². The Hall–Kier alpha value is -3.01. The molecule has 25 heavy (non-hydrogen) atoms. The van der Waals surface area contributed by atoms with Crippen molar-refractivity contribution in [3.05, 3.63) is 79.6 Å². The number of allylic oxidation sites excluding steroid dienone is 1. The van der Waals surface area contributed by atoms with Gasteiger partial charge in [0.15, 0.2) is 0 Å². The van der Waals surface area contributed by atoms with Crippen molar-refractivity contribution >= 4 is 40.3 Å². The number of nitro groups is 1. The molecule has 0 N–H and O–H groups in total. The van der Waals surface area contributed by atoms with Crippen LogP contribution in [-0.2, 0) is 0 Å². The van der Waals surface area contributed by atoms with E-state index in [2.05, 4.69) is 11.1 Å². The van der Waals surface area contributed by atoms with Gasteiger partial charge in [-0.25, -0.2) is 4.98 Å². The number of non-ortho nitro benzene ring substituents is 1. The fourth-order valence-corrected chi connectivity index (χ4v) is 3.21. The van der Waals surface area contributed by atoms with Crippen molar-refractivity contribution < 1.29 is 4.92 Å². The molecule has 7 heteroatoms. The quantitative estimate of drug-likeness (QED) is 0.349. The van der Waals surface area contributed by atoms with Gasteiger partial charge in [0, 0.05) is 28.1 Å². The Morgan fingerprint density at radius 1 is 1.28 bits per heavy atom. The number of nitrogens with zero attached hydrogens (tertiary/aromatic N) is 3. The second kappa shape index (κ2) is 7.26. The van der Waals surface area contributed by atoms with Crippen molar-refractivity contribution in [3.8, 4) is 17.3 Å². The van der Waals surface area contributed by atoms with Gasteiger partial charge in [-0.3, -0.25) is 10.1 Å². The summed E-state index contributed by atoms with van der Waals surface area (Å²) >= 11 is 7.27. The molecule has 1 heterocycles. The van der Waals surface area contributed by atoms with E-state index in [1.165, 1.54) is 23.5 Å². The minimum Gasteiger partial charge on any atom is -0.258 e. The van der Waals surface area contributed by atoms with E-state index in [-0.39, 0.29) is 5.69 Å². The zero-order chi connectivity index (χ0) is 17.8. The molecule has 122 valence electrons. The van der Waals surface area contributed by atoms with E-state index < -0.39 is 4.92 Å². The van der Waals surface area contributed by atoms with Crippen molar-refractivity contribution in [1.29, 1.82) is 5.26 Å². The number of nitriles is 1. The SMILES string of the molecule is N#CC(=Cc1cccc(Cl)c1)c1nc(-c2cccc([N+](=O)[O-])c2)cs1. The monoisotopic (exact) mass is 367 g/mol. The predicted molar refractivity (Wildman–Crippen MR) is 99.1 cm³/mol. The molecule has 2 aromatic carbocycles. The van der Waals surface area contributed by atoms with E-state index in [1.54, 1.807) is 41.8 Å². The third-order valence-corrected chi connectivity index (χ3v) is 4.48. The van der Waals surface area contributed by atoms with E-state index >= 15 is 0 Å². The molecule has 0 amide bonds. The van der Waals surface area contributed by atoms with E-state index in [1.807, 2.05) is 6.07 Å². The van der Waals surface area contributed by atoms with E-state index in [9.17, 15) is 15.4 Å². The zero-order valence-electron chi connectivity index (χ0n) is 12.7. The Morgan fingerprint density at radius 3 is 2.80 bits per heavy atom. The molecule has 0 saturated carbocycles. The first-order valence-electron chi connectivity index (χ1n) is 7.15. The standard InChI is InChI=1S/C18H10ClN3O2S/c19-15-5-1-3-12(8-15)7-14(10-20)18-21-17(11-25-18)13-4-2-6-16(9-13)22(23)24/h1-9,11H. The van der Waals surface area contributed by atoms with Gasteiger partial charge >= 0.3 is 0 Å². The average Bonchev–Trinajstić information content (AvgIpc) is 3.10. The Kier molecular flexibility index (Phi) is 4.89. The summed E-state index contributed by atoms with van der Waals surface area (Å²) in [6.45, 7) is 0. The highest BCUT2D eigenvalue weighted by molar-refractivity contribution is 7.11. The lowest BCUT2D eigenvalue weighted by molar-refractivity contribution is -0.384. The van der Waals surface area contributed by atoms with Crippen LogP contribution in [0.4, 0.5) is 5.69 Å². The lowest BCUT2D eigenvalue weighted by Crippen LogP contribution is -1.88. The summed E-state index contributed by atoms with van der Waals surface area (Å²) in [7, 11) is 0. The van der Waals surface area contributed by atoms with Gasteiger partial charge in [0.2, 0.25) is 0 Å². The van der Waals surface area contributed by atoms with Crippen LogP contribution in [-0.4, -0.2) is 9.91 Å². The van der Waals surface area contributed by atoms with Crippen LogP contribution in [0.25, 0.3) is 22.9 Å². The van der Waals surface area contributed by atoms with Crippen LogP contribution in [0, 0.1) is 21.4 Å². The smallest absolute Gasteiger partial charge is 0.258 e. The fourth-order valence-electron chi connectivity index (χ4n) is 2.21. The van der Waals surface area contributed by atoms with Crippen LogP contribution in [0.3, 0.4) is 0 Å². The van der Waals surface area contributed by atoms with Crippen molar-refractivity contribution in [2.75, 3.05) is 0 Å². The van der Waals surface area contributed by atoms with Gasteiger partial charge in [0.25, 0.3) is 5.69 Å². The molecule has 5 nitrogen and oxygen atoms in total. The molecule has 3 aromatic rings. The lowest BCUT2D eigenvalue weighted by atomic mass is 10.1. The number of hydrogen-bond acceptors (Lipinski definition) is 5. The fraction of sp³-hybridized carbons (Fsp3) is 0. The normalized spacial score (nSPS) is 11.1. The summed E-state index contributed by atoms with van der Waals surface area (Å²) < 4.78 is 0. The Labute approximate surface area is 152 Å². The van der Waals surface area contributed by atoms with E-state index in [0.29, 0.717) is 26.9 Å². The summed E-state index contributed by atoms with van der Waals surface area (Å²) in [5.41, 5.74) is 2.44. The third-order valence-electron chi connectivity index (χ3n) is 3.37. The average molecular weight is 368 g/mol. The molecule has 0 aliphatic heterocycles. The van der Waals surface area contributed by atoms with Crippen molar-refractivity contribution in [2.45, 2.75) is 0 Å². The number of aromatic nitrogens is 1. The van der Waals surface area contributed by atoms with Gasteiger partial charge in [0.1, 0.15) is 11.1 Å². The molecule has 0 radical (unpaired) electrons. The number of hydrogen-bond donors (Lipinski definition) is 0. The minimum atomic E-state index is -0.448. The molecule has 0 spiro atoms. The van der Waals surface area contributed by atoms with Crippen LogP contribution < -0.4 is 0 Å². The maximum absolute atomic E-state index is 10.9. The third kappa shape index (κ3) is 3.91. The van der Waals surface area contributed by atoms with Crippen LogP contribution in [0.15, 0.2) is 53.9 Å². The molecule has 0 aliphatic carbocycles. The number of thiazole rings is 1. The summed E-state index contributed by atoms with van der Waals surface area (Å²) in [4.78, 5) is 14.9. The largest absolute Gasteiger partial charge is 0.270 e. The molecular weight excluding hydrogens is 358 g/mol. The number of halogens is 1. The second-order valence-electron chi connectivity index (χ2n) is 5.07. The highest BCUT2D eigenvalue weighted by Crippen LogP contribution is 2.29. The van der Waals surface area contributed by atoms with Crippen molar-refractivity contribution in [2.24, 2.45) is 0 Å². The highest BCUT2D eigenvalue weighted by Gasteiger charge is 2.12. The second-order valence-corrected chi connectivity index (χ2v) is 6.36. The van der Waals surface area contributed by atoms with Gasteiger partial charge in [-0.1, -0.05) is 35.9 Å². The molecule has 0 atom stereocenters. The lowest BCUT2D eigenvalue weighted by Gasteiger charge is -1.98. The van der Waals surface area contributed by atoms with Gasteiger partial charge in [0.05, 0.1) is 16.2 Å². The van der Waals surface area contributed by atoms with E-state index in [0.717, 1.165) is 5.56 Å². The molecule has 0 saturated heterocycles. The number of rotatable bonds is 4. The first kappa shape index (κ1) is 16.8.